The third kappa shape index (κ3) is 3.73. The van der Waals surface area contributed by atoms with Gasteiger partial charge in [0.15, 0.2) is 0 Å². The largest absolute Gasteiger partial charge is 0.493 e. The van der Waals surface area contributed by atoms with Crippen molar-refractivity contribution >= 4 is 16.7 Å². The van der Waals surface area contributed by atoms with Gasteiger partial charge in [-0.2, -0.15) is 0 Å². The molecule has 0 radical (unpaired) electrons. The van der Waals surface area contributed by atoms with Crippen LogP contribution in [0.5, 0.6) is 5.75 Å². The number of hydrogen-bond acceptors (Lipinski definition) is 3. The summed E-state index contributed by atoms with van der Waals surface area (Å²) in [6.07, 6.45) is 0.483. The van der Waals surface area contributed by atoms with Crippen molar-refractivity contribution < 1.29 is 14.6 Å². The highest BCUT2D eigenvalue weighted by molar-refractivity contribution is 5.89. The van der Waals surface area contributed by atoms with Crippen molar-refractivity contribution in [2.75, 3.05) is 13.7 Å². The summed E-state index contributed by atoms with van der Waals surface area (Å²) >= 11 is 0. The van der Waals surface area contributed by atoms with E-state index in [2.05, 4.69) is 5.32 Å². The Morgan fingerprint density at radius 1 is 1.29 bits per heavy atom. The molecule has 4 heteroatoms. The zero-order valence-electron chi connectivity index (χ0n) is 12.4. The normalized spacial score (nSPS) is 12.1. The van der Waals surface area contributed by atoms with E-state index in [-0.39, 0.29) is 5.91 Å². The fraction of sp³-hybridized carbons (Fsp3) is 0.353. The van der Waals surface area contributed by atoms with Gasteiger partial charge in [0, 0.05) is 24.4 Å². The van der Waals surface area contributed by atoms with Gasteiger partial charge < -0.3 is 15.2 Å². The maximum Gasteiger partial charge on any atom is 0.219 e. The molecule has 1 amide bonds. The summed E-state index contributed by atoms with van der Waals surface area (Å²) in [5.41, 5.74) is 0.772. The second-order valence-electron chi connectivity index (χ2n) is 5.01. The van der Waals surface area contributed by atoms with E-state index < -0.39 is 6.10 Å². The predicted octanol–water partition coefficient (Wildman–Crippen LogP) is 2.80. The molecular weight excluding hydrogens is 266 g/mol. The first-order valence-electron chi connectivity index (χ1n) is 7.16. The maximum absolute atomic E-state index is 11.2. The molecule has 0 unspecified atom stereocenters. The summed E-state index contributed by atoms with van der Waals surface area (Å²) in [5.74, 6) is 0.715. The number of ether oxygens (including phenoxy) is 1. The van der Waals surface area contributed by atoms with E-state index in [0.717, 1.165) is 16.3 Å². The van der Waals surface area contributed by atoms with E-state index in [1.54, 1.807) is 14.0 Å². The molecule has 0 spiro atoms. The van der Waals surface area contributed by atoms with Crippen molar-refractivity contribution in [2.45, 2.75) is 25.9 Å². The topological polar surface area (TPSA) is 58.6 Å². The number of aliphatic hydroxyl groups is 1. The molecule has 2 aromatic carbocycles. The van der Waals surface area contributed by atoms with Crippen molar-refractivity contribution in [3.63, 3.8) is 0 Å². The molecule has 0 bridgehead atoms. The number of benzene rings is 2. The van der Waals surface area contributed by atoms with E-state index in [0.29, 0.717) is 25.2 Å². The van der Waals surface area contributed by atoms with Crippen LogP contribution in [-0.4, -0.2) is 24.7 Å². The predicted molar refractivity (Wildman–Crippen MR) is 83.4 cm³/mol. The van der Waals surface area contributed by atoms with Crippen LogP contribution in [0.3, 0.4) is 0 Å². The number of hydrogen-bond donors (Lipinski definition) is 2. The Labute approximate surface area is 124 Å². The van der Waals surface area contributed by atoms with E-state index in [4.69, 9.17) is 4.74 Å². The van der Waals surface area contributed by atoms with Crippen LogP contribution < -0.4 is 10.1 Å². The summed E-state index contributed by atoms with van der Waals surface area (Å²) in [4.78, 5) is 11.2. The molecule has 2 aromatic rings. The molecule has 2 rings (SSSR count). The van der Waals surface area contributed by atoms with Crippen molar-refractivity contribution in [3.05, 3.63) is 42.0 Å². The highest BCUT2D eigenvalue weighted by Crippen LogP contribution is 2.33. The van der Waals surface area contributed by atoms with Gasteiger partial charge in [0.25, 0.3) is 0 Å². The Bertz CT molecular complexity index is 622. The summed E-state index contributed by atoms with van der Waals surface area (Å²) < 4.78 is 5.87. The Hall–Kier alpha value is -2.07. The Morgan fingerprint density at radius 2 is 2.05 bits per heavy atom. The van der Waals surface area contributed by atoms with Crippen LogP contribution in [0.2, 0.25) is 0 Å². The van der Waals surface area contributed by atoms with Gasteiger partial charge in [-0.15, -0.1) is 0 Å². The van der Waals surface area contributed by atoms with Crippen LogP contribution in [0.1, 0.15) is 31.4 Å². The second kappa shape index (κ2) is 7.09. The highest BCUT2D eigenvalue weighted by Gasteiger charge is 2.13. The van der Waals surface area contributed by atoms with Crippen LogP contribution >= 0.6 is 0 Å². The molecule has 0 aliphatic carbocycles. The van der Waals surface area contributed by atoms with Crippen LogP contribution in [-0.2, 0) is 4.79 Å². The molecule has 0 aliphatic rings. The fourth-order valence-electron chi connectivity index (χ4n) is 2.28. The minimum atomic E-state index is -0.594. The number of fused-ring (bicyclic) bond motifs is 1. The number of aliphatic hydroxyl groups excluding tert-OH is 1. The average Bonchev–Trinajstić information content (AvgIpc) is 2.50. The Balaban J connectivity index is 2.19. The van der Waals surface area contributed by atoms with Crippen molar-refractivity contribution in [3.8, 4) is 5.75 Å². The molecule has 0 heterocycles. The second-order valence-corrected chi connectivity index (χ2v) is 5.01. The lowest BCUT2D eigenvalue weighted by Crippen LogP contribution is -2.18. The molecule has 1 atom stereocenters. The molecule has 112 valence electrons. The summed E-state index contributed by atoms with van der Waals surface area (Å²) in [6.45, 7) is 2.17. The van der Waals surface area contributed by atoms with E-state index >= 15 is 0 Å². The van der Waals surface area contributed by atoms with E-state index in [1.807, 2.05) is 36.4 Å². The number of carbonyl (C=O) groups is 1. The zero-order chi connectivity index (χ0) is 15.2. The van der Waals surface area contributed by atoms with Gasteiger partial charge in [0.05, 0.1) is 12.7 Å². The summed E-state index contributed by atoms with van der Waals surface area (Å²) in [5, 5.41) is 14.5. The first-order valence-corrected chi connectivity index (χ1v) is 7.16. The minimum absolute atomic E-state index is 0.00673. The molecule has 0 fully saturated rings. The highest BCUT2D eigenvalue weighted by atomic mass is 16.5. The van der Waals surface area contributed by atoms with Crippen LogP contribution in [0.15, 0.2) is 36.4 Å². The van der Waals surface area contributed by atoms with E-state index in [9.17, 15) is 9.90 Å². The Morgan fingerprint density at radius 3 is 2.76 bits per heavy atom. The number of amides is 1. The Kier molecular flexibility index (Phi) is 5.17. The molecule has 4 nitrogen and oxygen atoms in total. The quantitative estimate of drug-likeness (QED) is 0.803. The van der Waals surface area contributed by atoms with Gasteiger partial charge in [-0.1, -0.05) is 36.4 Å². The van der Waals surface area contributed by atoms with Crippen LogP contribution in [0.25, 0.3) is 10.8 Å². The molecule has 0 saturated heterocycles. The average molecular weight is 287 g/mol. The summed E-state index contributed by atoms with van der Waals surface area (Å²) in [7, 11) is 1.62. The molecule has 21 heavy (non-hydrogen) atoms. The lowest BCUT2D eigenvalue weighted by molar-refractivity contribution is -0.120. The molecule has 2 N–H and O–H groups in total. The number of nitrogens with one attached hydrogen (secondary N) is 1. The van der Waals surface area contributed by atoms with Gasteiger partial charge in [0.1, 0.15) is 5.75 Å². The first kappa shape index (κ1) is 15.3. The number of rotatable bonds is 6. The molecular formula is C17H21NO3. The monoisotopic (exact) mass is 287 g/mol. The SMILES string of the molecule is CNC(=O)CCCOc1c([C@H](C)O)ccc2ccccc12. The number of carbonyl (C=O) groups excluding carboxylic acids is 1. The third-order valence-corrected chi connectivity index (χ3v) is 3.43. The van der Waals surface area contributed by atoms with Gasteiger partial charge in [-0.25, -0.2) is 0 Å². The maximum atomic E-state index is 11.2. The van der Waals surface area contributed by atoms with Crippen molar-refractivity contribution in [1.82, 2.24) is 5.32 Å². The summed E-state index contributed by atoms with van der Waals surface area (Å²) in [6, 6.07) is 11.8. The smallest absolute Gasteiger partial charge is 0.219 e. The fourth-order valence-corrected chi connectivity index (χ4v) is 2.28. The molecule has 0 saturated carbocycles. The van der Waals surface area contributed by atoms with Gasteiger partial charge >= 0.3 is 0 Å². The first-order chi connectivity index (χ1) is 10.1. The lowest BCUT2D eigenvalue weighted by Gasteiger charge is -2.16. The lowest BCUT2D eigenvalue weighted by atomic mass is 10.0. The van der Waals surface area contributed by atoms with Gasteiger partial charge in [-0.3, -0.25) is 4.79 Å². The van der Waals surface area contributed by atoms with E-state index in [1.165, 1.54) is 0 Å². The van der Waals surface area contributed by atoms with Gasteiger partial charge in [0.2, 0.25) is 5.91 Å². The molecule has 0 aliphatic heterocycles. The van der Waals surface area contributed by atoms with Crippen molar-refractivity contribution in [2.24, 2.45) is 0 Å². The van der Waals surface area contributed by atoms with Crippen molar-refractivity contribution in [1.29, 1.82) is 0 Å². The zero-order valence-corrected chi connectivity index (χ0v) is 12.4. The minimum Gasteiger partial charge on any atom is -0.493 e. The van der Waals surface area contributed by atoms with Crippen LogP contribution in [0, 0.1) is 0 Å². The standard InChI is InChI=1S/C17H21NO3/c1-12(19)14-10-9-13-6-3-4-7-15(13)17(14)21-11-5-8-16(20)18-2/h3-4,6-7,9-10,12,19H,5,8,11H2,1-2H3,(H,18,20)/t12-/m0/s1. The van der Waals surface area contributed by atoms with Gasteiger partial charge in [-0.05, 0) is 18.7 Å². The molecule has 0 aromatic heterocycles. The van der Waals surface area contributed by atoms with Crippen LogP contribution in [0.4, 0.5) is 0 Å². The third-order valence-electron chi connectivity index (χ3n) is 3.43.